The highest BCUT2D eigenvalue weighted by Crippen LogP contribution is 2.41. The molecule has 3 rings (SSSR count). The van der Waals surface area contributed by atoms with Crippen LogP contribution in [0.1, 0.15) is 24.1 Å². The van der Waals surface area contributed by atoms with Crippen LogP contribution in [0.25, 0.3) is 0 Å². The van der Waals surface area contributed by atoms with Crippen molar-refractivity contribution < 1.29 is 45.3 Å². The second kappa shape index (κ2) is 8.34. The molecule has 0 saturated heterocycles. The molecule has 0 aliphatic rings. The summed E-state index contributed by atoms with van der Waals surface area (Å²) in [4.78, 5) is 0. The maximum Gasteiger partial charge on any atom is 0.573 e. The third-order valence-corrected chi connectivity index (χ3v) is 4.63. The highest BCUT2D eigenvalue weighted by molar-refractivity contribution is 5.42. The highest BCUT2D eigenvalue weighted by atomic mass is 19.4. The molecule has 5 nitrogen and oxygen atoms in total. The predicted octanol–water partition coefficient (Wildman–Crippen LogP) is 5.32. The number of alkyl halides is 6. The van der Waals surface area contributed by atoms with E-state index in [-0.39, 0.29) is 11.1 Å². The number of halogens is 7. The minimum Gasteiger partial charge on any atom is -0.406 e. The second-order valence-corrected chi connectivity index (χ2v) is 6.73. The predicted molar refractivity (Wildman–Crippen MR) is 96.1 cm³/mol. The van der Waals surface area contributed by atoms with Crippen LogP contribution in [-0.4, -0.2) is 27.6 Å². The normalized spacial score (nSPS) is 13.7. The minimum absolute atomic E-state index is 0.0555. The SMILES string of the molecule is CC(n1cc(F)cn1)C(O)(c1ccc(OC(F)(F)F)cc1)c1ccc(OC(F)(F)F)cc1. The Bertz CT molecular complexity index is 985. The number of ether oxygens (including phenoxy) is 2. The molecule has 1 aromatic heterocycles. The van der Waals surface area contributed by atoms with Crippen molar-refractivity contribution in [3.8, 4) is 11.5 Å². The number of hydrogen-bond donors (Lipinski definition) is 1. The van der Waals surface area contributed by atoms with Crippen LogP contribution in [0.2, 0.25) is 0 Å². The average molecular weight is 464 g/mol. The van der Waals surface area contributed by atoms with E-state index in [1.807, 2.05) is 0 Å². The first-order valence-corrected chi connectivity index (χ1v) is 8.92. The molecule has 0 amide bonds. The molecule has 0 saturated carbocycles. The Morgan fingerprint density at radius 1 is 0.812 bits per heavy atom. The molecule has 2 aromatic carbocycles. The monoisotopic (exact) mass is 464 g/mol. The Labute approximate surface area is 176 Å². The summed E-state index contributed by atoms with van der Waals surface area (Å²) in [6, 6.07) is 7.42. The zero-order valence-corrected chi connectivity index (χ0v) is 16.2. The molecule has 0 bridgehead atoms. The molecule has 32 heavy (non-hydrogen) atoms. The lowest BCUT2D eigenvalue weighted by molar-refractivity contribution is -0.275. The zero-order valence-electron chi connectivity index (χ0n) is 16.2. The standard InChI is InChI=1S/C20H15F7N2O3/c1-12(29-11-15(21)10-28-29)18(30,13-2-6-16(7-3-13)31-19(22,23)24)14-4-8-17(9-5-14)32-20(25,26)27/h2-12,30H,1H3. The lowest BCUT2D eigenvalue weighted by Crippen LogP contribution is -2.37. The van der Waals surface area contributed by atoms with Crippen molar-refractivity contribution in [2.24, 2.45) is 0 Å². The third-order valence-electron chi connectivity index (χ3n) is 4.63. The lowest BCUT2D eigenvalue weighted by Gasteiger charge is -2.35. The van der Waals surface area contributed by atoms with Gasteiger partial charge in [-0.25, -0.2) is 4.39 Å². The van der Waals surface area contributed by atoms with Crippen LogP contribution in [0.5, 0.6) is 11.5 Å². The van der Waals surface area contributed by atoms with Crippen LogP contribution in [0, 0.1) is 5.82 Å². The second-order valence-electron chi connectivity index (χ2n) is 6.73. The van der Waals surface area contributed by atoms with Crippen LogP contribution < -0.4 is 9.47 Å². The van der Waals surface area contributed by atoms with Crippen LogP contribution >= 0.6 is 0 Å². The van der Waals surface area contributed by atoms with Crippen molar-refractivity contribution >= 4 is 0 Å². The zero-order chi connectivity index (χ0) is 23.7. The fraction of sp³-hybridized carbons (Fsp3) is 0.250. The molecule has 0 radical (unpaired) electrons. The summed E-state index contributed by atoms with van der Waals surface area (Å²) in [7, 11) is 0. The number of nitrogens with zero attached hydrogens (tertiary/aromatic N) is 2. The smallest absolute Gasteiger partial charge is 0.406 e. The van der Waals surface area contributed by atoms with E-state index < -0.39 is 41.7 Å². The molecule has 12 heteroatoms. The van der Waals surface area contributed by atoms with Crippen LogP contribution in [0.15, 0.2) is 60.9 Å². The minimum atomic E-state index is -4.92. The number of hydrogen-bond acceptors (Lipinski definition) is 4. The van der Waals surface area contributed by atoms with Crippen molar-refractivity contribution in [1.82, 2.24) is 9.78 Å². The Hall–Kier alpha value is -3.28. The first kappa shape index (κ1) is 23.4. The molecule has 3 aromatic rings. The molecular weight excluding hydrogens is 449 g/mol. The van der Waals surface area contributed by atoms with Crippen molar-refractivity contribution in [1.29, 1.82) is 0 Å². The van der Waals surface area contributed by atoms with Gasteiger partial charge in [-0.15, -0.1) is 26.3 Å². The summed E-state index contributed by atoms with van der Waals surface area (Å²) < 4.78 is 96.8. The molecule has 172 valence electrons. The molecule has 0 spiro atoms. The van der Waals surface area contributed by atoms with Crippen molar-refractivity contribution in [3.63, 3.8) is 0 Å². The third kappa shape index (κ3) is 5.31. The average Bonchev–Trinajstić information content (AvgIpc) is 3.12. The summed E-state index contributed by atoms with van der Waals surface area (Å²) in [5.74, 6) is -1.80. The number of benzene rings is 2. The van der Waals surface area contributed by atoms with Gasteiger partial charge in [0.15, 0.2) is 5.82 Å². The number of aliphatic hydroxyl groups is 1. The van der Waals surface area contributed by atoms with Crippen molar-refractivity contribution in [2.75, 3.05) is 0 Å². The quantitative estimate of drug-likeness (QED) is 0.502. The van der Waals surface area contributed by atoms with E-state index >= 15 is 0 Å². The molecule has 1 heterocycles. The first-order valence-electron chi connectivity index (χ1n) is 8.92. The van der Waals surface area contributed by atoms with Crippen molar-refractivity contribution in [3.05, 3.63) is 77.9 Å². The molecule has 0 aliphatic carbocycles. The van der Waals surface area contributed by atoms with Crippen molar-refractivity contribution in [2.45, 2.75) is 31.3 Å². The van der Waals surface area contributed by atoms with E-state index in [1.54, 1.807) is 0 Å². The Kier molecular flexibility index (Phi) is 6.09. The fourth-order valence-electron chi connectivity index (χ4n) is 3.19. The van der Waals surface area contributed by atoms with Crippen LogP contribution in [0.3, 0.4) is 0 Å². The van der Waals surface area contributed by atoms with Gasteiger partial charge in [-0.1, -0.05) is 24.3 Å². The van der Waals surface area contributed by atoms with Gasteiger partial charge < -0.3 is 14.6 Å². The lowest BCUT2D eigenvalue weighted by atomic mass is 9.80. The van der Waals surface area contributed by atoms with Gasteiger partial charge in [-0.3, -0.25) is 4.68 Å². The van der Waals surface area contributed by atoms with Gasteiger partial charge in [0.2, 0.25) is 0 Å². The molecule has 1 unspecified atom stereocenters. The van der Waals surface area contributed by atoms with Crippen LogP contribution in [-0.2, 0) is 5.60 Å². The summed E-state index contributed by atoms with van der Waals surface area (Å²) in [6.45, 7) is 1.45. The summed E-state index contributed by atoms with van der Waals surface area (Å²) in [5.41, 5.74) is -1.92. The first-order chi connectivity index (χ1) is 14.8. The van der Waals surface area contributed by atoms with E-state index in [1.165, 1.54) is 6.92 Å². The van der Waals surface area contributed by atoms with Gasteiger partial charge in [0.1, 0.15) is 17.1 Å². The fourth-order valence-corrected chi connectivity index (χ4v) is 3.19. The molecule has 0 aliphatic heterocycles. The van der Waals surface area contributed by atoms with Gasteiger partial charge in [0, 0.05) is 0 Å². The van der Waals surface area contributed by atoms with E-state index in [2.05, 4.69) is 14.6 Å². The maximum atomic E-state index is 13.5. The van der Waals surface area contributed by atoms with Gasteiger partial charge in [0.25, 0.3) is 0 Å². The van der Waals surface area contributed by atoms with Gasteiger partial charge in [-0.2, -0.15) is 5.10 Å². The molecule has 1 atom stereocenters. The molecular formula is C20H15F7N2O3. The number of aromatic nitrogens is 2. The van der Waals surface area contributed by atoms with E-state index in [4.69, 9.17) is 0 Å². The van der Waals surface area contributed by atoms with Crippen LogP contribution in [0.4, 0.5) is 30.7 Å². The topological polar surface area (TPSA) is 56.5 Å². The highest BCUT2D eigenvalue weighted by Gasteiger charge is 2.40. The van der Waals surface area contributed by atoms with Gasteiger partial charge in [0.05, 0.1) is 18.4 Å². The van der Waals surface area contributed by atoms with E-state index in [0.717, 1.165) is 65.6 Å². The van der Waals surface area contributed by atoms with Gasteiger partial charge >= 0.3 is 12.7 Å². The Morgan fingerprint density at radius 2 is 1.22 bits per heavy atom. The number of rotatable bonds is 6. The maximum absolute atomic E-state index is 13.5. The summed E-state index contributed by atoms with van der Waals surface area (Å²) >= 11 is 0. The largest absolute Gasteiger partial charge is 0.573 e. The summed E-state index contributed by atoms with van der Waals surface area (Å²) in [5, 5.41) is 15.4. The Morgan fingerprint density at radius 3 is 1.53 bits per heavy atom. The molecule has 0 fully saturated rings. The summed E-state index contributed by atoms with van der Waals surface area (Å²) in [6.07, 6.45) is -7.98. The van der Waals surface area contributed by atoms with E-state index in [0.29, 0.717) is 0 Å². The Balaban J connectivity index is 2.04. The van der Waals surface area contributed by atoms with Gasteiger partial charge in [-0.05, 0) is 42.3 Å². The molecule has 1 N–H and O–H groups in total. The van der Waals surface area contributed by atoms with E-state index in [9.17, 15) is 35.8 Å².